The highest BCUT2D eigenvalue weighted by atomic mass is 79.9. The monoisotopic (exact) mass is 643 g/mol. The number of nitrogens with one attached hydrogen (secondary N) is 1. The Labute approximate surface area is 249 Å². The van der Waals surface area contributed by atoms with E-state index < -0.39 is 34.3 Å². The van der Waals surface area contributed by atoms with Gasteiger partial charge in [-0.25, -0.2) is 12.8 Å². The fourth-order valence-electron chi connectivity index (χ4n) is 5.18. The molecule has 3 aromatic rings. The summed E-state index contributed by atoms with van der Waals surface area (Å²) in [5.74, 6) is -1.67. The van der Waals surface area contributed by atoms with Crippen LogP contribution in [0.5, 0.6) is 0 Å². The van der Waals surface area contributed by atoms with Gasteiger partial charge in [0.1, 0.15) is 18.4 Å². The quantitative estimate of drug-likeness (QED) is 0.301. The molecule has 1 fully saturated rings. The van der Waals surface area contributed by atoms with Gasteiger partial charge in [0.25, 0.3) is 0 Å². The van der Waals surface area contributed by atoms with Gasteiger partial charge in [-0.05, 0) is 48.2 Å². The lowest BCUT2D eigenvalue weighted by Gasteiger charge is -2.35. The zero-order chi connectivity index (χ0) is 29.4. The van der Waals surface area contributed by atoms with Gasteiger partial charge < -0.3 is 10.2 Å². The summed E-state index contributed by atoms with van der Waals surface area (Å²) in [4.78, 5) is 29.5. The van der Waals surface area contributed by atoms with Crippen molar-refractivity contribution in [1.29, 1.82) is 0 Å². The minimum Gasteiger partial charge on any atom is -0.352 e. The van der Waals surface area contributed by atoms with Gasteiger partial charge in [-0.1, -0.05) is 89.8 Å². The van der Waals surface area contributed by atoms with E-state index in [0.717, 1.165) is 64.3 Å². The van der Waals surface area contributed by atoms with E-state index in [2.05, 4.69) is 21.2 Å². The Morgan fingerprint density at radius 2 is 1.61 bits per heavy atom. The zero-order valence-corrected chi connectivity index (χ0v) is 25.4. The van der Waals surface area contributed by atoms with Crippen molar-refractivity contribution in [2.45, 2.75) is 57.2 Å². The molecule has 7 nitrogen and oxygen atoms in total. The van der Waals surface area contributed by atoms with Gasteiger partial charge in [-0.15, -0.1) is 0 Å². The highest BCUT2D eigenvalue weighted by Gasteiger charge is 2.34. The lowest BCUT2D eigenvalue weighted by Crippen LogP contribution is -2.55. The SMILES string of the molecule is CS(=O)(=O)N(CC(=O)N(Cc1cccc(Br)c1)C(Cc1ccccc1)C(=O)NC1CCCCC1)c1ccccc1F. The van der Waals surface area contributed by atoms with Crippen LogP contribution in [-0.2, 0) is 32.6 Å². The maximum atomic E-state index is 14.7. The molecule has 0 spiro atoms. The number of rotatable bonds is 11. The Bertz CT molecular complexity index is 1450. The third kappa shape index (κ3) is 8.63. The molecule has 10 heteroatoms. The van der Waals surface area contributed by atoms with Crippen molar-refractivity contribution in [1.82, 2.24) is 10.2 Å². The van der Waals surface area contributed by atoms with Gasteiger partial charge in [0.15, 0.2) is 0 Å². The molecule has 1 N–H and O–H groups in total. The Morgan fingerprint density at radius 1 is 0.951 bits per heavy atom. The minimum atomic E-state index is -4.04. The third-order valence-corrected chi connectivity index (χ3v) is 8.88. The lowest BCUT2D eigenvalue weighted by atomic mass is 9.94. The summed E-state index contributed by atoms with van der Waals surface area (Å²) in [6.07, 6.45) is 6.10. The van der Waals surface area contributed by atoms with Crippen molar-refractivity contribution in [2.75, 3.05) is 17.1 Å². The Balaban J connectivity index is 1.73. The highest BCUT2D eigenvalue weighted by molar-refractivity contribution is 9.10. The average Bonchev–Trinajstić information content (AvgIpc) is 2.94. The number of hydrogen-bond acceptors (Lipinski definition) is 4. The van der Waals surface area contributed by atoms with E-state index in [9.17, 15) is 22.4 Å². The summed E-state index contributed by atoms with van der Waals surface area (Å²) >= 11 is 3.47. The zero-order valence-electron chi connectivity index (χ0n) is 23.0. The Hall–Kier alpha value is -3.24. The van der Waals surface area contributed by atoms with Crippen LogP contribution in [0.2, 0.25) is 0 Å². The van der Waals surface area contributed by atoms with Crippen molar-refractivity contribution >= 4 is 43.5 Å². The van der Waals surface area contributed by atoms with Crippen LogP contribution in [0, 0.1) is 5.82 Å². The molecule has 1 saturated carbocycles. The van der Waals surface area contributed by atoms with Gasteiger partial charge in [-0.3, -0.25) is 13.9 Å². The number of carbonyl (C=O) groups is 2. The maximum absolute atomic E-state index is 14.7. The first-order valence-corrected chi connectivity index (χ1v) is 16.4. The number of carbonyl (C=O) groups excluding carboxylic acids is 2. The molecular weight excluding hydrogens is 609 g/mol. The van der Waals surface area contributed by atoms with Gasteiger partial charge in [0, 0.05) is 23.5 Å². The Morgan fingerprint density at radius 3 is 2.27 bits per heavy atom. The normalized spacial score (nSPS) is 14.7. The molecule has 0 aromatic heterocycles. The summed E-state index contributed by atoms with van der Waals surface area (Å²) in [7, 11) is -4.04. The van der Waals surface area contributed by atoms with Gasteiger partial charge in [0.2, 0.25) is 21.8 Å². The predicted octanol–water partition coefficient (Wildman–Crippen LogP) is 5.44. The molecule has 0 aliphatic heterocycles. The van der Waals surface area contributed by atoms with Crippen molar-refractivity contribution < 1.29 is 22.4 Å². The number of para-hydroxylation sites is 1. The molecule has 0 heterocycles. The average molecular weight is 645 g/mol. The second kappa shape index (κ2) is 14.1. The van der Waals surface area contributed by atoms with E-state index in [1.807, 2.05) is 54.6 Å². The third-order valence-electron chi connectivity index (χ3n) is 7.26. The van der Waals surface area contributed by atoms with Crippen LogP contribution >= 0.6 is 15.9 Å². The van der Waals surface area contributed by atoms with E-state index in [1.165, 1.54) is 23.1 Å². The number of halogens is 2. The fraction of sp³-hybridized carbons (Fsp3) is 0.355. The molecule has 0 saturated heterocycles. The van der Waals surface area contributed by atoms with Crippen LogP contribution in [0.15, 0.2) is 83.3 Å². The van der Waals surface area contributed by atoms with Gasteiger partial charge in [-0.2, -0.15) is 0 Å². The molecule has 0 radical (unpaired) electrons. The molecule has 4 rings (SSSR count). The Kier molecular flexibility index (Phi) is 10.6. The van der Waals surface area contributed by atoms with Crippen molar-refractivity contribution in [3.8, 4) is 0 Å². The largest absolute Gasteiger partial charge is 0.352 e. The molecule has 1 aliphatic carbocycles. The topological polar surface area (TPSA) is 86.8 Å². The van der Waals surface area contributed by atoms with Crippen LogP contribution in [0.1, 0.15) is 43.2 Å². The van der Waals surface area contributed by atoms with E-state index in [4.69, 9.17) is 0 Å². The number of benzene rings is 3. The number of nitrogens with zero attached hydrogens (tertiary/aromatic N) is 2. The molecule has 0 bridgehead atoms. The van der Waals surface area contributed by atoms with Gasteiger partial charge >= 0.3 is 0 Å². The van der Waals surface area contributed by atoms with Crippen molar-refractivity contribution in [3.05, 3.63) is 100 Å². The highest BCUT2D eigenvalue weighted by Crippen LogP contribution is 2.24. The molecule has 1 atom stereocenters. The number of sulfonamides is 1. The summed E-state index contributed by atoms with van der Waals surface area (Å²) < 4.78 is 41.9. The van der Waals surface area contributed by atoms with Crippen molar-refractivity contribution in [3.63, 3.8) is 0 Å². The molecule has 2 amide bonds. The molecule has 218 valence electrons. The first-order chi connectivity index (χ1) is 19.6. The first-order valence-electron chi connectivity index (χ1n) is 13.7. The molecule has 3 aromatic carbocycles. The second-order valence-electron chi connectivity index (χ2n) is 10.4. The van der Waals surface area contributed by atoms with Crippen LogP contribution in [0.3, 0.4) is 0 Å². The lowest BCUT2D eigenvalue weighted by molar-refractivity contribution is -0.140. The minimum absolute atomic E-state index is 0.0169. The fourth-order valence-corrected chi connectivity index (χ4v) is 6.48. The molecular formula is C31H35BrFN3O4S. The van der Waals surface area contributed by atoms with Crippen LogP contribution in [-0.4, -0.2) is 50.0 Å². The molecule has 1 unspecified atom stereocenters. The second-order valence-corrected chi connectivity index (χ2v) is 13.2. The summed E-state index contributed by atoms with van der Waals surface area (Å²) in [6.45, 7) is -0.599. The van der Waals surface area contributed by atoms with E-state index >= 15 is 0 Å². The van der Waals surface area contributed by atoms with Gasteiger partial charge in [0.05, 0.1) is 11.9 Å². The van der Waals surface area contributed by atoms with Crippen molar-refractivity contribution in [2.24, 2.45) is 0 Å². The van der Waals surface area contributed by atoms with Crippen LogP contribution in [0.25, 0.3) is 0 Å². The smallest absolute Gasteiger partial charge is 0.244 e. The van der Waals surface area contributed by atoms with E-state index in [1.54, 1.807) is 0 Å². The van der Waals surface area contributed by atoms with Crippen LogP contribution in [0.4, 0.5) is 10.1 Å². The van der Waals surface area contributed by atoms with E-state index in [-0.39, 0.29) is 30.6 Å². The summed E-state index contributed by atoms with van der Waals surface area (Å²) in [5.41, 5.74) is 1.39. The first kappa shape index (κ1) is 30.7. The van der Waals surface area contributed by atoms with E-state index in [0.29, 0.717) is 0 Å². The molecule has 1 aliphatic rings. The molecule has 41 heavy (non-hydrogen) atoms. The standard InChI is InChI=1S/C31H35BrFN3O4S/c1-41(39,40)36(28-18-9-8-17-27(28)33)22-30(37)35(21-24-13-10-14-25(32)19-24)29(20-23-11-4-2-5-12-23)31(38)34-26-15-6-3-7-16-26/h2,4-5,8-14,17-19,26,29H,3,6-7,15-16,20-22H2,1H3,(H,34,38). The predicted molar refractivity (Wildman–Crippen MR) is 162 cm³/mol. The van der Waals surface area contributed by atoms with Crippen LogP contribution < -0.4 is 9.62 Å². The number of hydrogen-bond donors (Lipinski definition) is 1. The number of anilines is 1. The number of amides is 2. The summed E-state index contributed by atoms with van der Waals surface area (Å²) in [6, 6.07) is 21.3. The summed E-state index contributed by atoms with van der Waals surface area (Å²) in [5, 5.41) is 3.16. The maximum Gasteiger partial charge on any atom is 0.244 e.